The summed E-state index contributed by atoms with van der Waals surface area (Å²) >= 11 is 0. The molecular formula is C15H16F3NO2. The van der Waals surface area contributed by atoms with E-state index in [1.54, 1.807) is 6.07 Å². The van der Waals surface area contributed by atoms with Gasteiger partial charge in [-0.3, -0.25) is 0 Å². The van der Waals surface area contributed by atoms with Crippen LogP contribution in [0.1, 0.15) is 5.56 Å². The Balaban J connectivity index is 2.13. The van der Waals surface area contributed by atoms with Gasteiger partial charge in [0.25, 0.3) is 0 Å². The Hall–Kier alpha value is -1.79. The largest absolute Gasteiger partial charge is 0.467 e. The Morgan fingerprint density at radius 2 is 1.81 bits per heavy atom. The van der Waals surface area contributed by atoms with Crippen molar-refractivity contribution in [2.45, 2.75) is 12.6 Å². The Labute approximate surface area is 120 Å². The molecule has 0 atom stereocenters. The molecule has 0 fully saturated rings. The molecule has 2 rings (SSSR count). The first-order valence-electron chi connectivity index (χ1n) is 6.49. The van der Waals surface area contributed by atoms with Crippen molar-refractivity contribution in [2.24, 2.45) is 5.73 Å². The summed E-state index contributed by atoms with van der Waals surface area (Å²) in [5.74, 6) is 0.501. The highest BCUT2D eigenvalue weighted by Gasteiger charge is 2.27. The maximum Gasteiger partial charge on any atom is 0.411 e. The zero-order valence-corrected chi connectivity index (χ0v) is 11.3. The smallest absolute Gasteiger partial charge is 0.411 e. The summed E-state index contributed by atoms with van der Waals surface area (Å²) in [7, 11) is 0. The molecule has 0 aliphatic rings. The molecule has 3 nitrogen and oxygen atoms in total. The second-order valence-corrected chi connectivity index (χ2v) is 4.53. The van der Waals surface area contributed by atoms with Crippen molar-refractivity contribution in [1.82, 2.24) is 0 Å². The molecule has 0 heterocycles. The fourth-order valence-electron chi connectivity index (χ4n) is 2.12. The lowest BCUT2D eigenvalue weighted by Crippen LogP contribution is -2.19. The molecule has 21 heavy (non-hydrogen) atoms. The van der Waals surface area contributed by atoms with Gasteiger partial charge in [0.05, 0.1) is 0 Å². The number of ether oxygens (including phenoxy) is 2. The number of rotatable bonds is 6. The van der Waals surface area contributed by atoms with Gasteiger partial charge in [-0.1, -0.05) is 30.3 Å². The van der Waals surface area contributed by atoms with Gasteiger partial charge in [0.15, 0.2) is 6.79 Å². The van der Waals surface area contributed by atoms with Crippen molar-refractivity contribution in [2.75, 3.05) is 19.9 Å². The third-order valence-electron chi connectivity index (χ3n) is 2.96. The quantitative estimate of drug-likeness (QED) is 0.658. The van der Waals surface area contributed by atoms with Crippen LogP contribution in [0.3, 0.4) is 0 Å². The van der Waals surface area contributed by atoms with Crippen LogP contribution in [0.5, 0.6) is 5.75 Å². The molecule has 0 aliphatic heterocycles. The lowest BCUT2D eigenvalue weighted by atomic mass is 10.0. The molecule has 0 saturated heterocycles. The highest BCUT2D eigenvalue weighted by Crippen LogP contribution is 2.28. The minimum absolute atomic E-state index is 0.424. The van der Waals surface area contributed by atoms with E-state index in [1.165, 1.54) is 0 Å². The maximum absolute atomic E-state index is 12.0. The van der Waals surface area contributed by atoms with E-state index in [-0.39, 0.29) is 0 Å². The van der Waals surface area contributed by atoms with Gasteiger partial charge in [0.2, 0.25) is 0 Å². The van der Waals surface area contributed by atoms with Crippen molar-refractivity contribution >= 4 is 10.8 Å². The lowest BCUT2D eigenvalue weighted by molar-refractivity contribution is -0.186. The molecule has 2 aromatic carbocycles. The van der Waals surface area contributed by atoms with E-state index in [0.717, 1.165) is 16.3 Å². The summed E-state index contributed by atoms with van der Waals surface area (Å²) in [6.07, 6.45) is -3.78. The highest BCUT2D eigenvalue weighted by molar-refractivity contribution is 5.87. The van der Waals surface area contributed by atoms with Crippen molar-refractivity contribution in [3.05, 3.63) is 42.0 Å². The molecule has 0 aliphatic carbocycles. The number of alkyl halides is 3. The Morgan fingerprint density at radius 1 is 1.05 bits per heavy atom. The molecule has 0 radical (unpaired) electrons. The Kier molecular flexibility index (Phi) is 5.03. The molecule has 114 valence electrons. The Bertz CT molecular complexity index is 599. The average Bonchev–Trinajstić information content (AvgIpc) is 2.44. The molecule has 0 spiro atoms. The summed E-state index contributed by atoms with van der Waals surface area (Å²) in [6.45, 7) is -1.35. The number of hydrogen-bond donors (Lipinski definition) is 1. The molecule has 0 amide bonds. The van der Waals surface area contributed by atoms with Gasteiger partial charge in [0, 0.05) is 5.56 Å². The number of hydrogen-bond acceptors (Lipinski definition) is 3. The minimum atomic E-state index is -4.35. The van der Waals surface area contributed by atoms with Gasteiger partial charge in [-0.05, 0) is 29.8 Å². The molecule has 2 aromatic rings. The van der Waals surface area contributed by atoms with Crippen LogP contribution in [0.2, 0.25) is 0 Å². The number of halogens is 3. The standard InChI is InChI=1S/C15H16F3NO2/c16-15(17,18)9-20-10-21-14-6-5-11-3-1-2-4-12(11)13(14)7-8-19/h1-6H,7-10,19H2. The lowest BCUT2D eigenvalue weighted by Gasteiger charge is -2.14. The topological polar surface area (TPSA) is 44.5 Å². The minimum Gasteiger partial charge on any atom is -0.467 e. The second-order valence-electron chi connectivity index (χ2n) is 4.53. The van der Waals surface area contributed by atoms with Crippen molar-refractivity contribution in [3.8, 4) is 5.75 Å². The maximum atomic E-state index is 12.0. The highest BCUT2D eigenvalue weighted by atomic mass is 19.4. The van der Waals surface area contributed by atoms with Crippen LogP contribution in [-0.4, -0.2) is 26.1 Å². The summed E-state index contributed by atoms with van der Waals surface area (Å²) in [5, 5.41) is 2.01. The summed E-state index contributed by atoms with van der Waals surface area (Å²) in [5.41, 5.74) is 6.48. The van der Waals surface area contributed by atoms with E-state index < -0.39 is 19.6 Å². The predicted molar refractivity (Wildman–Crippen MR) is 74.2 cm³/mol. The van der Waals surface area contributed by atoms with Gasteiger partial charge in [-0.2, -0.15) is 13.2 Å². The summed E-state index contributed by atoms with van der Waals surface area (Å²) in [4.78, 5) is 0. The van der Waals surface area contributed by atoms with E-state index in [4.69, 9.17) is 10.5 Å². The van der Waals surface area contributed by atoms with E-state index in [2.05, 4.69) is 4.74 Å². The van der Waals surface area contributed by atoms with Crippen LogP contribution in [0.15, 0.2) is 36.4 Å². The van der Waals surface area contributed by atoms with E-state index in [1.807, 2.05) is 30.3 Å². The first-order valence-corrected chi connectivity index (χ1v) is 6.49. The molecule has 0 bridgehead atoms. The number of nitrogens with two attached hydrogens (primary N) is 1. The van der Waals surface area contributed by atoms with Crippen LogP contribution >= 0.6 is 0 Å². The molecule has 2 N–H and O–H groups in total. The monoisotopic (exact) mass is 299 g/mol. The fourth-order valence-corrected chi connectivity index (χ4v) is 2.12. The third-order valence-corrected chi connectivity index (χ3v) is 2.96. The van der Waals surface area contributed by atoms with E-state index in [0.29, 0.717) is 18.7 Å². The van der Waals surface area contributed by atoms with Gasteiger partial charge in [-0.15, -0.1) is 0 Å². The summed E-state index contributed by atoms with van der Waals surface area (Å²) in [6, 6.07) is 11.3. The Morgan fingerprint density at radius 3 is 2.52 bits per heavy atom. The van der Waals surface area contributed by atoms with Crippen LogP contribution in [0.25, 0.3) is 10.8 Å². The van der Waals surface area contributed by atoms with Gasteiger partial charge in [-0.25, -0.2) is 0 Å². The van der Waals surface area contributed by atoms with Crippen LogP contribution < -0.4 is 10.5 Å². The first kappa shape index (κ1) is 15.6. The second kappa shape index (κ2) is 6.78. The molecule has 0 aromatic heterocycles. The van der Waals surface area contributed by atoms with Crippen molar-refractivity contribution in [3.63, 3.8) is 0 Å². The van der Waals surface area contributed by atoms with Crippen LogP contribution in [-0.2, 0) is 11.2 Å². The van der Waals surface area contributed by atoms with E-state index >= 15 is 0 Å². The zero-order valence-electron chi connectivity index (χ0n) is 11.3. The molecule has 6 heteroatoms. The molecule has 0 unspecified atom stereocenters. The zero-order chi connectivity index (χ0) is 15.3. The number of benzene rings is 2. The van der Waals surface area contributed by atoms with Crippen molar-refractivity contribution in [1.29, 1.82) is 0 Å². The van der Waals surface area contributed by atoms with Gasteiger partial charge in [0.1, 0.15) is 12.4 Å². The normalized spacial score (nSPS) is 11.8. The van der Waals surface area contributed by atoms with Gasteiger partial charge < -0.3 is 15.2 Å². The average molecular weight is 299 g/mol. The SMILES string of the molecule is NCCc1c(OCOCC(F)(F)F)ccc2ccccc12. The summed E-state index contributed by atoms with van der Waals surface area (Å²) < 4.78 is 45.8. The predicted octanol–water partition coefficient (Wildman–Crippen LogP) is 3.26. The van der Waals surface area contributed by atoms with E-state index in [9.17, 15) is 13.2 Å². The van der Waals surface area contributed by atoms with Gasteiger partial charge >= 0.3 is 6.18 Å². The van der Waals surface area contributed by atoms with Crippen molar-refractivity contribution < 1.29 is 22.6 Å². The molecule has 0 saturated carbocycles. The van der Waals surface area contributed by atoms with Crippen LogP contribution in [0, 0.1) is 0 Å². The number of fused-ring (bicyclic) bond motifs is 1. The molecular weight excluding hydrogens is 283 g/mol. The first-order chi connectivity index (χ1) is 10.0. The third kappa shape index (κ3) is 4.34. The van der Waals surface area contributed by atoms with Crippen LogP contribution in [0.4, 0.5) is 13.2 Å². The fraction of sp³-hybridized carbons (Fsp3) is 0.333.